The molecule has 0 fully saturated rings. The Morgan fingerprint density at radius 3 is 1.23 bits per heavy atom. The van der Waals surface area contributed by atoms with Crippen molar-refractivity contribution >= 4 is 55.6 Å². The predicted molar refractivity (Wildman–Crippen MR) is 147 cm³/mol. The molecule has 204 valence electrons. The first-order valence-electron chi connectivity index (χ1n) is 11.5. The first-order valence-corrected chi connectivity index (χ1v) is 14.3. The van der Waals surface area contributed by atoms with Gasteiger partial charge in [0.2, 0.25) is 0 Å². The molecule has 10 nitrogen and oxygen atoms in total. The molecule has 0 heterocycles. The van der Waals surface area contributed by atoms with Gasteiger partial charge >= 0.3 is 0 Å². The van der Waals surface area contributed by atoms with E-state index >= 15 is 0 Å². The van der Waals surface area contributed by atoms with Gasteiger partial charge in [-0.3, -0.25) is 9.59 Å². The highest BCUT2D eigenvalue weighted by Gasteiger charge is 2.14. The second-order valence-electron chi connectivity index (χ2n) is 8.39. The molecule has 0 aliphatic carbocycles. The van der Waals surface area contributed by atoms with Crippen molar-refractivity contribution in [2.75, 3.05) is 10.6 Å². The van der Waals surface area contributed by atoms with Crippen molar-refractivity contribution in [2.45, 2.75) is 9.79 Å². The molecule has 4 aromatic rings. The minimum atomic E-state index is -5.03. The third-order valence-corrected chi connectivity index (χ3v) is 7.38. The number of carbonyl (C=O) groups is 2. The van der Waals surface area contributed by atoms with Gasteiger partial charge in [-0.05, 0) is 59.7 Å². The van der Waals surface area contributed by atoms with E-state index in [0.717, 1.165) is 24.3 Å². The zero-order chi connectivity index (χ0) is 28.9. The van der Waals surface area contributed by atoms with Gasteiger partial charge in [0.05, 0.1) is 9.79 Å². The van der Waals surface area contributed by atoms with Crippen molar-refractivity contribution in [1.82, 2.24) is 0 Å². The number of hydrogen-bond donors (Lipinski definition) is 2. The number of amides is 2. The SMILES string of the molecule is O=C(Nc1ccc(C=Cc2ccc(NC(=O)c3ccccc3)cc2S(=O)(=O)[O-])c(S(=O)(=O)[O-])c1)c1ccccc1. The van der Waals surface area contributed by atoms with E-state index in [0.29, 0.717) is 11.1 Å². The first kappa shape index (κ1) is 28.4. The van der Waals surface area contributed by atoms with Gasteiger partial charge in [-0.15, -0.1) is 0 Å². The summed E-state index contributed by atoms with van der Waals surface area (Å²) in [4.78, 5) is 23.5. The lowest BCUT2D eigenvalue weighted by atomic mass is 10.1. The predicted octanol–water partition coefficient (Wildman–Crippen LogP) is 4.17. The average molecular weight is 577 g/mol. The van der Waals surface area contributed by atoms with Crippen molar-refractivity contribution in [3.8, 4) is 0 Å². The minimum Gasteiger partial charge on any atom is -0.744 e. The van der Waals surface area contributed by atoms with E-state index in [1.54, 1.807) is 60.7 Å². The summed E-state index contributed by atoms with van der Waals surface area (Å²) in [5.74, 6) is -1.05. The zero-order valence-electron chi connectivity index (χ0n) is 20.5. The second kappa shape index (κ2) is 11.6. The Labute approximate surface area is 230 Å². The molecule has 0 unspecified atom stereocenters. The van der Waals surface area contributed by atoms with E-state index in [2.05, 4.69) is 10.6 Å². The van der Waals surface area contributed by atoms with Gasteiger partial charge in [-0.25, -0.2) is 16.8 Å². The number of rotatable bonds is 8. The van der Waals surface area contributed by atoms with Crippen LogP contribution >= 0.6 is 0 Å². The Morgan fingerprint density at radius 1 is 0.550 bits per heavy atom. The standard InChI is InChI=1S/C28H22N2O8S2/c31-27(21-7-3-1-4-8-21)29-23-15-13-19(25(17-23)39(33,34)35)11-12-20-14-16-24(18-26(20)40(36,37)38)30-28(32)22-9-5-2-6-10-22/h1-18H,(H,29,31)(H,30,32)(H,33,34,35)(H,36,37,38)/p-2. The minimum absolute atomic E-state index is 0.0433. The lowest BCUT2D eigenvalue weighted by molar-refractivity contribution is 0.101. The molecule has 0 saturated heterocycles. The van der Waals surface area contributed by atoms with Gasteiger partial charge in [0.25, 0.3) is 11.8 Å². The van der Waals surface area contributed by atoms with Crippen LogP contribution in [0.2, 0.25) is 0 Å². The fraction of sp³-hybridized carbons (Fsp3) is 0. The average Bonchev–Trinajstić information content (AvgIpc) is 2.92. The smallest absolute Gasteiger partial charge is 0.255 e. The van der Waals surface area contributed by atoms with Crippen LogP contribution in [0.3, 0.4) is 0 Å². The zero-order valence-corrected chi connectivity index (χ0v) is 22.1. The highest BCUT2D eigenvalue weighted by molar-refractivity contribution is 7.86. The molecule has 0 spiro atoms. The van der Waals surface area contributed by atoms with Crippen molar-refractivity contribution < 1.29 is 35.5 Å². The highest BCUT2D eigenvalue weighted by Crippen LogP contribution is 2.26. The van der Waals surface area contributed by atoms with Crippen LogP contribution in [0.4, 0.5) is 11.4 Å². The molecule has 0 aliphatic heterocycles. The molecule has 2 N–H and O–H groups in total. The molecule has 2 amide bonds. The molecular weight excluding hydrogens is 556 g/mol. The van der Waals surface area contributed by atoms with E-state index in [4.69, 9.17) is 0 Å². The van der Waals surface area contributed by atoms with E-state index in [9.17, 15) is 35.5 Å². The highest BCUT2D eigenvalue weighted by atomic mass is 32.2. The molecule has 0 atom stereocenters. The van der Waals surface area contributed by atoms with Crippen LogP contribution in [0.5, 0.6) is 0 Å². The summed E-state index contributed by atoms with van der Waals surface area (Å²) in [6, 6.07) is 23.4. The summed E-state index contributed by atoms with van der Waals surface area (Å²) >= 11 is 0. The van der Waals surface area contributed by atoms with E-state index < -0.39 is 41.8 Å². The molecule has 4 rings (SSSR count). The summed E-state index contributed by atoms with van der Waals surface area (Å²) in [6.07, 6.45) is 2.31. The molecular formula is C28H20N2O8S2-2. The Balaban J connectivity index is 1.64. The van der Waals surface area contributed by atoms with Crippen LogP contribution in [0, 0.1) is 0 Å². The fourth-order valence-electron chi connectivity index (χ4n) is 3.70. The third kappa shape index (κ3) is 7.07. The summed E-state index contributed by atoms with van der Waals surface area (Å²) < 4.78 is 71.9. The maximum absolute atomic E-state index is 12.4. The molecule has 0 bridgehead atoms. The summed E-state index contributed by atoms with van der Waals surface area (Å²) in [6.45, 7) is 0. The van der Waals surface area contributed by atoms with Gasteiger partial charge in [-0.1, -0.05) is 60.7 Å². The Morgan fingerprint density at radius 2 is 0.900 bits per heavy atom. The van der Waals surface area contributed by atoms with E-state index in [1.165, 1.54) is 24.3 Å². The maximum atomic E-state index is 12.4. The largest absolute Gasteiger partial charge is 0.744 e. The molecule has 40 heavy (non-hydrogen) atoms. The van der Waals surface area contributed by atoms with Crippen LogP contribution < -0.4 is 10.6 Å². The van der Waals surface area contributed by atoms with Crippen LogP contribution in [0.15, 0.2) is 107 Å². The van der Waals surface area contributed by atoms with E-state index in [-0.39, 0.29) is 22.5 Å². The number of carbonyl (C=O) groups excluding carboxylic acids is 2. The van der Waals surface area contributed by atoms with Gasteiger partial charge < -0.3 is 19.7 Å². The number of hydrogen-bond acceptors (Lipinski definition) is 8. The quantitative estimate of drug-likeness (QED) is 0.232. The van der Waals surface area contributed by atoms with Gasteiger partial charge in [0.15, 0.2) is 0 Å². The molecule has 12 heteroatoms. The lowest BCUT2D eigenvalue weighted by Gasteiger charge is -2.15. The van der Waals surface area contributed by atoms with Crippen LogP contribution in [0.1, 0.15) is 31.8 Å². The number of nitrogens with one attached hydrogen (secondary N) is 2. The maximum Gasteiger partial charge on any atom is 0.255 e. The number of anilines is 2. The van der Waals surface area contributed by atoms with Gasteiger partial charge in [0, 0.05) is 22.5 Å². The number of benzene rings is 4. The van der Waals surface area contributed by atoms with Crippen LogP contribution in [0.25, 0.3) is 12.2 Å². The summed E-state index contributed by atoms with van der Waals surface area (Å²) in [5.41, 5.74) is 0.496. The normalized spacial score (nSPS) is 11.8. The van der Waals surface area contributed by atoms with Crippen molar-refractivity contribution in [2.24, 2.45) is 0 Å². The molecule has 4 aromatic carbocycles. The van der Waals surface area contributed by atoms with Gasteiger partial charge in [0.1, 0.15) is 20.2 Å². The van der Waals surface area contributed by atoms with Crippen molar-refractivity contribution in [1.29, 1.82) is 0 Å². The third-order valence-electron chi connectivity index (χ3n) is 5.60. The lowest BCUT2D eigenvalue weighted by Crippen LogP contribution is -2.12. The Hall–Kier alpha value is -4.62. The second-order valence-corrected chi connectivity index (χ2v) is 11.1. The molecule has 0 aliphatic rings. The van der Waals surface area contributed by atoms with Gasteiger partial charge in [-0.2, -0.15) is 0 Å². The topological polar surface area (TPSA) is 173 Å². The first-order chi connectivity index (χ1) is 18.9. The summed E-state index contributed by atoms with van der Waals surface area (Å²) in [7, 11) is -10.1. The van der Waals surface area contributed by atoms with Crippen molar-refractivity contribution in [3.05, 3.63) is 119 Å². The fourth-order valence-corrected chi connectivity index (χ4v) is 5.09. The Kier molecular flexibility index (Phi) is 8.26. The van der Waals surface area contributed by atoms with Crippen LogP contribution in [-0.2, 0) is 20.2 Å². The monoisotopic (exact) mass is 576 g/mol. The Bertz CT molecular complexity index is 1690. The summed E-state index contributed by atoms with van der Waals surface area (Å²) in [5, 5.41) is 5.03. The van der Waals surface area contributed by atoms with E-state index in [1.807, 2.05) is 0 Å². The molecule has 0 saturated carbocycles. The molecule has 0 aromatic heterocycles. The molecule has 0 radical (unpaired) electrons. The van der Waals surface area contributed by atoms with Crippen LogP contribution in [-0.4, -0.2) is 37.8 Å². The van der Waals surface area contributed by atoms with Crippen molar-refractivity contribution in [3.63, 3.8) is 0 Å².